The Bertz CT molecular complexity index is 374. The highest BCUT2D eigenvalue weighted by molar-refractivity contribution is 9.11. The van der Waals surface area contributed by atoms with Gasteiger partial charge in [-0.3, -0.25) is 0 Å². The number of allylic oxidation sites excluding steroid dienone is 5. The first-order chi connectivity index (χ1) is 7.22. The maximum atomic E-state index is 9.09. The zero-order valence-corrected chi connectivity index (χ0v) is 9.94. The molecule has 1 aromatic carbocycles. The summed E-state index contributed by atoms with van der Waals surface area (Å²) in [5, 5.41) is 9.09. The lowest BCUT2D eigenvalue weighted by Crippen LogP contribution is -1.78. The van der Waals surface area contributed by atoms with E-state index in [0.29, 0.717) is 5.75 Å². The zero-order valence-electron chi connectivity index (χ0n) is 8.36. The van der Waals surface area contributed by atoms with Gasteiger partial charge in [0.25, 0.3) is 0 Å². The molecule has 0 fully saturated rings. The van der Waals surface area contributed by atoms with E-state index >= 15 is 0 Å². The van der Waals surface area contributed by atoms with Crippen molar-refractivity contribution in [1.29, 1.82) is 0 Å². The van der Waals surface area contributed by atoms with Gasteiger partial charge >= 0.3 is 0 Å². The Morgan fingerprint density at radius 1 is 1.33 bits per heavy atom. The van der Waals surface area contributed by atoms with E-state index in [0.717, 1.165) is 10.9 Å². The fourth-order valence-electron chi connectivity index (χ4n) is 1.11. The molecular weight excluding hydrogens is 252 g/mol. The Morgan fingerprint density at radius 3 is 2.60 bits per heavy atom. The third-order valence-electron chi connectivity index (χ3n) is 1.84. The first-order valence-electron chi connectivity index (χ1n) is 4.65. The van der Waals surface area contributed by atoms with E-state index in [1.54, 1.807) is 18.2 Å². The van der Waals surface area contributed by atoms with Crippen molar-refractivity contribution in [3.63, 3.8) is 0 Å². The van der Waals surface area contributed by atoms with Crippen molar-refractivity contribution in [1.82, 2.24) is 0 Å². The van der Waals surface area contributed by atoms with Gasteiger partial charge < -0.3 is 5.11 Å². The highest BCUT2D eigenvalue weighted by Crippen LogP contribution is 2.11. The molecule has 1 nitrogen and oxygen atoms in total. The van der Waals surface area contributed by atoms with Crippen LogP contribution in [0.4, 0.5) is 0 Å². The van der Waals surface area contributed by atoms with Gasteiger partial charge in [0.1, 0.15) is 5.75 Å². The predicted octanol–water partition coefficient (Wildman–Crippen LogP) is 3.96. The highest BCUT2D eigenvalue weighted by Gasteiger charge is 1.90. The van der Waals surface area contributed by atoms with E-state index in [1.165, 1.54) is 5.56 Å². The van der Waals surface area contributed by atoms with Crippen LogP contribution >= 0.6 is 15.9 Å². The summed E-state index contributed by atoms with van der Waals surface area (Å²) >= 11 is 3.39. The van der Waals surface area contributed by atoms with Crippen molar-refractivity contribution in [2.24, 2.45) is 0 Å². The minimum Gasteiger partial charge on any atom is -0.508 e. The molecule has 0 unspecified atom stereocenters. The molecule has 0 heterocycles. The lowest BCUT2D eigenvalue weighted by molar-refractivity contribution is 0.475. The van der Waals surface area contributed by atoms with Crippen molar-refractivity contribution < 1.29 is 5.11 Å². The van der Waals surface area contributed by atoms with Crippen LogP contribution in [0.25, 0.3) is 0 Å². The van der Waals surface area contributed by atoms with Crippen molar-refractivity contribution in [2.45, 2.75) is 6.42 Å². The van der Waals surface area contributed by atoms with Crippen LogP contribution in [0.2, 0.25) is 0 Å². The van der Waals surface area contributed by atoms with Gasteiger partial charge in [0.15, 0.2) is 0 Å². The van der Waals surface area contributed by atoms with Gasteiger partial charge in [0.05, 0.1) is 0 Å². The smallest absolute Gasteiger partial charge is 0.115 e. The Kier molecular flexibility index (Phi) is 4.91. The summed E-state index contributed by atoms with van der Waals surface area (Å²) in [6, 6.07) is 7.20. The van der Waals surface area contributed by atoms with E-state index in [1.807, 2.05) is 24.3 Å². The second-order valence-electron chi connectivity index (χ2n) is 3.06. The fourth-order valence-corrected chi connectivity index (χ4v) is 1.48. The molecule has 0 aliphatic carbocycles. The van der Waals surface area contributed by atoms with Crippen molar-refractivity contribution in [3.05, 3.63) is 65.2 Å². The van der Waals surface area contributed by atoms with Gasteiger partial charge in [-0.15, -0.1) is 0 Å². The van der Waals surface area contributed by atoms with Crippen LogP contribution in [-0.4, -0.2) is 5.11 Å². The predicted molar refractivity (Wildman–Crippen MR) is 68.2 cm³/mol. The first kappa shape index (κ1) is 11.8. The third-order valence-corrected chi connectivity index (χ3v) is 2.37. The van der Waals surface area contributed by atoms with E-state index in [9.17, 15) is 0 Å². The average Bonchev–Trinajstić information content (AvgIpc) is 2.21. The summed E-state index contributed by atoms with van der Waals surface area (Å²) in [7, 11) is 0. The van der Waals surface area contributed by atoms with Gasteiger partial charge in [0, 0.05) is 4.48 Å². The monoisotopic (exact) mass is 264 g/mol. The molecule has 15 heavy (non-hydrogen) atoms. The first-order valence-corrected chi connectivity index (χ1v) is 5.44. The molecule has 0 spiro atoms. The Hall–Kier alpha value is -1.28. The second kappa shape index (κ2) is 6.25. The summed E-state index contributed by atoms with van der Waals surface area (Å²) in [4.78, 5) is 0. The summed E-state index contributed by atoms with van der Waals surface area (Å²) in [6.07, 6.45) is 8.49. The van der Waals surface area contributed by atoms with Crippen LogP contribution in [0.3, 0.4) is 0 Å². The molecule has 78 valence electrons. The fraction of sp³-hybridized carbons (Fsp3) is 0.0769. The van der Waals surface area contributed by atoms with Gasteiger partial charge in [-0.05, 0) is 30.2 Å². The van der Waals surface area contributed by atoms with E-state index in [-0.39, 0.29) is 0 Å². The van der Waals surface area contributed by atoms with Gasteiger partial charge in [-0.2, -0.15) is 0 Å². The Morgan fingerprint density at radius 2 is 2.00 bits per heavy atom. The zero-order chi connectivity index (χ0) is 11.1. The molecule has 0 saturated carbocycles. The van der Waals surface area contributed by atoms with E-state index in [4.69, 9.17) is 5.11 Å². The standard InChI is InChI=1S/C13H13BrO/c1-2-4-12(14)6-3-5-11-7-9-13(15)10-8-11/h2-4,6-10,15H,1,5H2/b6-3-,12-4+. The maximum Gasteiger partial charge on any atom is 0.115 e. The number of halogens is 1. The minimum absolute atomic E-state index is 0.301. The number of phenols is 1. The highest BCUT2D eigenvalue weighted by atomic mass is 79.9. The molecule has 0 aliphatic heterocycles. The number of aromatic hydroxyl groups is 1. The lowest BCUT2D eigenvalue weighted by Gasteiger charge is -1.96. The maximum absolute atomic E-state index is 9.09. The number of hydrogen-bond acceptors (Lipinski definition) is 1. The number of hydrogen-bond donors (Lipinski definition) is 1. The molecule has 2 heteroatoms. The number of benzene rings is 1. The molecule has 1 rings (SSSR count). The number of rotatable bonds is 4. The van der Waals surface area contributed by atoms with Crippen molar-refractivity contribution >= 4 is 15.9 Å². The van der Waals surface area contributed by atoms with Crippen LogP contribution in [0.1, 0.15) is 5.56 Å². The van der Waals surface area contributed by atoms with Crippen LogP contribution in [0, 0.1) is 0 Å². The van der Waals surface area contributed by atoms with Gasteiger partial charge in [0.2, 0.25) is 0 Å². The molecule has 0 radical (unpaired) electrons. The quantitative estimate of drug-likeness (QED) is 0.817. The summed E-state index contributed by atoms with van der Waals surface area (Å²) in [6.45, 7) is 3.61. The molecular formula is C13H13BrO. The molecule has 0 aliphatic rings. The minimum atomic E-state index is 0.301. The van der Waals surface area contributed by atoms with Crippen LogP contribution in [0.5, 0.6) is 5.75 Å². The molecule has 0 amide bonds. The van der Waals surface area contributed by atoms with Gasteiger partial charge in [-0.25, -0.2) is 0 Å². The molecule has 1 N–H and O–H groups in total. The van der Waals surface area contributed by atoms with Crippen LogP contribution in [0.15, 0.2) is 59.6 Å². The Labute approximate surface area is 98.6 Å². The summed E-state index contributed by atoms with van der Waals surface area (Å²) < 4.78 is 0.997. The van der Waals surface area contributed by atoms with Crippen LogP contribution in [-0.2, 0) is 6.42 Å². The van der Waals surface area contributed by atoms with E-state index in [2.05, 4.69) is 28.6 Å². The molecule has 0 bridgehead atoms. The molecule has 0 atom stereocenters. The van der Waals surface area contributed by atoms with Crippen LogP contribution < -0.4 is 0 Å². The largest absolute Gasteiger partial charge is 0.508 e. The average molecular weight is 265 g/mol. The third kappa shape index (κ3) is 4.66. The lowest BCUT2D eigenvalue weighted by atomic mass is 10.1. The number of phenolic OH excluding ortho intramolecular Hbond substituents is 1. The van der Waals surface area contributed by atoms with Crippen molar-refractivity contribution in [3.8, 4) is 5.75 Å². The second-order valence-corrected chi connectivity index (χ2v) is 3.98. The molecule has 1 aromatic rings. The van der Waals surface area contributed by atoms with Crippen molar-refractivity contribution in [2.75, 3.05) is 0 Å². The topological polar surface area (TPSA) is 20.2 Å². The summed E-state index contributed by atoms with van der Waals surface area (Å²) in [5.74, 6) is 0.301. The SMILES string of the molecule is C=C/C=C(Br)\C=C/Cc1ccc(O)cc1. The Balaban J connectivity index is 2.53. The summed E-state index contributed by atoms with van der Waals surface area (Å²) in [5.41, 5.74) is 1.17. The van der Waals surface area contributed by atoms with Gasteiger partial charge in [-0.1, -0.05) is 52.9 Å². The molecule has 0 aromatic heterocycles. The molecule has 0 saturated heterocycles. The van der Waals surface area contributed by atoms with E-state index < -0.39 is 0 Å². The normalized spacial score (nSPS) is 11.9.